The van der Waals surface area contributed by atoms with Crippen LogP contribution in [0.3, 0.4) is 0 Å². The van der Waals surface area contributed by atoms with Gasteiger partial charge in [0.2, 0.25) is 5.88 Å². The third kappa shape index (κ3) is 6.61. The highest BCUT2D eigenvalue weighted by Gasteiger charge is 2.01. The van der Waals surface area contributed by atoms with Gasteiger partial charge in [-0.05, 0) is 12.0 Å². The lowest BCUT2D eigenvalue weighted by molar-refractivity contribution is 0.0873. The molecule has 0 aliphatic carbocycles. The zero-order valence-electron chi connectivity index (χ0n) is 11.4. The molecule has 1 aromatic heterocycles. The summed E-state index contributed by atoms with van der Waals surface area (Å²) < 4.78 is 14.8. The highest BCUT2D eigenvalue weighted by Crippen LogP contribution is 2.06. The number of carbonyl (C=O) groups excluding carboxylic acids is 1. The third-order valence-corrected chi connectivity index (χ3v) is 2.34. The fourth-order valence-electron chi connectivity index (χ4n) is 1.36. The number of nitrogens with zero attached hydrogens (tertiary/aromatic N) is 1. The summed E-state index contributed by atoms with van der Waals surface area (Å²) in [4.78, 5) is 15.4. The highest BCUT2D eigenvalue weighted by molar-refractivity contribution is 5.67. The molecule has 0 unspecified atom stereocenters. The number of ether oxygens (including phenoxy) is 3. The minimum absolute atomic E-state index is 0.178. The lowest BCUT2D eigenvalue weighted by Crippen LogP contribution is -2.27. The summed E-state index contributed by atoms with van der Waals surface area (Å²) in [6, 6.07) is 3.67. The SMILES string of the molecule is C#CCOCCOC(=O)NCCc1ccc(OC)nc1. The normalized spacial score (nSPS) is 9.60. The molecule has 0 saturated carbocycles. The fraction of sp³-hybridized carbons (Fsp3) is 0.429. The van der Waals surface area contributed by atoms with Gasteiger partial charge in [-0.3, -0.25) is 0 Å². The van der Waals surface area contributed by atoms with Crippen molar-refractivity contribution in [1.29, 1.82) is 0 Å². The van der Waals surface area contributed by atoms with E-state index in [1.54, 1.807) is 19.4 Å². The predicted molar refractivity (Wildman–Crippen MR) is 73.5 cm³/mol. The van der Waals surface area contributed by atoms with E-state index in [1.807, 2.05) is 6.07 Å². The van der Waals surface area contributed by atoms with Crippen LogP contribution in [0.4, 0.5) is 4.79 Å². The molecule has 1 amide bonds. The minimum Gasteiger partial charge on any atom is -0.481 e. The van der Waals surface area contributed by atoms with Crippen LogP contribution in [0.15, 0.2) is 18.3 Å². The molecular formula is C14H18N2O4. The van der Waals surface area contributed by atoms with E-state index < -0.39 is 6.09 Å². The van der Waals surface area contributed by atoms with Crippen molar-refractivity contribution >= 4 is 6.09 Å². The Morgan fingerprint density at radius 2 is 2.30 bits per heavy atom. The van der Waals surface area contributed by atoms with Crippen LogP contribution in [-0.2, 0) is 15.9 Å². The summed E-state index contributed by atoms with van der Waals surface area (Å²) >= 11 is 0. The van der Waals surface area contributed by atoms with Crippen molar-refractivity contribution in [3.05, 3.63) is 23.9 Å². The summed E-state index contributed by atoms with van der Waals surface area (Å²) in [5, 5.41) is 2.63. The maximum Gasteiger partial charge on any atom is 0.407 e. The second-order valence-electron chi connectivity index (χ2n) is 3.78. The van der Waals surface area contributed by atoms with Crippen molar-refractivity contribution in [1.82, 2.24) is 10.3 Å². The van der Waals surface area contributed by atoms with Crippen molar-refractivity contribution < 1.29 is 19.0 Å². The lowest BCUT2D eigenvalue weighted by Gasteiger charge is -2.07. The number of pyridine rings is 1. The van der Waals surface area contributed by atoms with E-state index in [1.165, 1.54) is 0 Å². The Balaban J connectivity index is 2.10. The van der Waals surface area contributed by atoms with Crippen LogP contribution < -0.4 is 10.1 Å². The molecule has 20 heavy (non-hydrogen) atoms. The predicted octanol–water partition coefficient (Wildman–Crippen LogP) is 1.01. The molecule has 1 heterocycles. The van der Waals surface area contributed by atoms with Crippen molar-refractivity contribution in [2.75, 3.05) is 33.5 Å². The van der Waals surface area contributed by atoms with Gasteiger partial charge in [-0.2, -0.15) is 0 Å². The van der Waals surface area contributed by atoms with Gasteiger partial charge in [0.1, 0.15) is 13.2 Å². The van der Waals surface area contributed by atoms with Crippen LogP contribution in [0.5, 0.6) is 5.88 Å². The molecule has 6 nitrogen and oxygen atoms in total. The maximum absolute atomic E-state index is 11.3. The second-order valence-corrected chi connectivity index (χ2v) is 3.78. The Bertz CT molecular complexity index is 439. The molecule has 0 aliphatic rings. The molecule has 0 atom stereocenters. The Morgan fingerprint density at radius 1 is 1.45 bits per heavy atom. The smallest absolute Gasteiger partial charge is 0.407 e. The molecule has 108 valence electrons. The summed E-state index contributed by atoms with van der Waals surface area (Å²) in [5.74, 6) is 2.89. The summed E-state index contributed by atoms with van der Waals surface area (Å²) in [6.45, 7) is 1.16. The molecule has 1 N–H and O–H groups in total. The quantitative estimate of drug-likeness (QED) is 0.567. The van der Waals surface area contributed by atoms with Gasteiger partial charge in [0, 0.05) is 18.8 Å². The first-order valence-electron chi connectivity index (χ1n) is 6.17. The molecule has 6 heteroatoms. The van der Waals surface area contributed by atoms with E-state index in [-0.39, 0.29) is 13.2 Å². The van der Waals surface area contributed by atoms with Gasteiger partial charge in [0.25, 0.3) is 0 Å². The van der Waals surface area contributed by atoms with Crippen molar-refractivity contribution in [2.45, 2.75) is 6.42 Å². The number of amides is 1. The first-order chi connectivity index (χ1) is 9.76. The number of terminal acetylenes is 1. The molecule has 0 bridgehead atoms. The molecule has 0 radical (unpaired) electrons. The third-order valence-electron chi connectivity index (χ3n) is 2.34. The monoisotopic (exact) mass is 278 g/mol. The number of rotatable bonds is 8. The number of aromatic nitrogens is 1. The van der Waals surface area contributed by atoms with Crippen LogP contribution in [0.1, 0.15) is 5.56 Å². The fourth-order valence-corrected chi connectivity index (χ4v) is 1.36. The van der Waals surface area contributed by atoms with Crippen LogP contribution in [0.2, 0.25) is 0 Å². The van der Waals surface area contributed by atoms with E-state index >= 15 is 0 Å². The lowest BCUT2D eigenvalue weighted by atomic mass is 10.2. The van der Waals surface area contributed by atoms with E-state index in [0.717, 1.165) is 5.56 Å². The van der Waals surface area contributed by atoms with Gasteiger partial charge in [0.05, 0.1) is 13.7 Å². The summed E-state index contributed by atoms with van der Waals surface area (Å²) in [6.07, 6.45) is 6.90. The Labute approximate surface area is 118 Å². The zero-order valence-corrected chi connectivity index (χ0v) is 11.4. The van der Waals surface area contributed by atoms with Gasteiger partial charge in [-0.1, -0.05) is 12.0 Å². The largest absolute Gasteiger partial charge is 0.481 e. The standard InChI is InChI=1S/C14H18N2O4/c1-3-8-19-9-10-20-14(17)15-7-6-12-4-5-13(18-2)16-11-12/h1,4-5,11H,6-10H2,2H3,(H,15,17). The van der Waals surface area contributed by atoms with Gasteiger partial charge in [-0.25, -0.2) is 9.78 Å². The van der Waals surface area contributed by atoms with Crippen LogP contribution in [0, 0.1) is 12.3 Å². The van der Waals surface area contributed by atoms with Gasteiger partial charge in [0.15, 0.2) is 0 Å². The first-order valence-corrected chi connectivity index (χ1v) is 6.17. The highest BCUT2D eigenvalue weighted by atomic mass is 16.6. The van der Waals surface area contributed by atoms with Crippen molar-refractivity contribution in [3.8, 4) is 18.2 Å². The van der Waals surface area contributed by atoms with Gasteiger partial charge in [-0.15, -0.1) is 6.42 Å². The minimum atomic E-state index is -0.476. The van der Waals surface area contributed by atoms with Crippen molar-refractivity contribution in [2.24, 2.45) is 0 Å². The number of nitrogens with one attached hydrogen (secondary N) is 1. The summed E-state index contributed by atoms with van der Waals surface area (Å²) in [5.41, 5.74) is 1.00. The van der Waals surface area contributed by atoms with Gasteiger partial charge >= 0.3 is 6.09 Å². The Morgan fingerprint density at radius 3 is 2.95 bits per heavy atom. The molecular weight excluding hydrogens is 260 g/mol. The van der Waals surface area contributed by atoms with Crippen LogP contribution >= 0.6 is 0 Å². The van der Waals surface area contributed by atoms with E-state index in [2.05, 4.69) is 16.2 Å². The number of hydrogen-bond acceptors (Lipinski definition) is 5. The first kappa shape index (κ1) is 15.8. The van der Waals surface area contributed by atoms with Crippen LogP contribution in [0.25, 0.3) is 0 Å². The van der Waals surface area contributed by atoms with Crippen LogP contribution in [-0.4, -0.2) is 44.6 Å². The molecule has 0 saturated heterocycles. The second kappa shape index (κ2) is 9.64. The summed E-state index contributed by atoms with van der Waals surface area (Å²) in [7, 11) is 1.56. The average molecular weight is 278 g/mol. The average Bonchev–Trinajstić information content (AvgIpc) is 2.48. The van der Waals surface area contributed by atoms with E-state index in [4.69, 9.17) is 20.6 Å². The topological polar surface area (TPSA) is 69.7 Å². The zero-order chi connectivity index (χ0) is 14.6. The number of alkyl carbamates (subject to hydrolysis) is 1. The maximum atomic E-state index is 11.3. The number of carbonyl (C=O) groups is 1. The number of methoxy groups -OCH3 is 1. The molecule has 1 rings (SSSR count). The Hall–Kier alpha value is -2.26. The molecule has 0 fully saturated rings. The number of hydrogen-bond donors (Lipinski definition) is 1. The molecule has 0 spiro atoms. The molecule has 1 aromatic rings. The molecule has 0 aromatic carbocycles. The van der Waals surface area contributed by atoms with E-state index in [9.17, 15) is 4.79 Å². The van der Waals surface area contributed by atoms with E-state index in [0.29, 0.717) is 25.5 Å². The Kier molecular flexibility index (Phi) is 7.62. The molecule has 0 aliphatic heterocycles. The van der Waals surface area contributed by atoms with Crippen molar-refractivity contribution in [3.63, 3.8) is 0 Å². The van der Waals surface area contributed by atoms with Gasteiger partial charge < -0.3 is 19.5 Å².